The lowest BCUT2D eigenvalue weighted by molar-refractivity contribution is -0.130. The molecule has 0 fully saturated rings. The number of aromatic nitrogens is 2. The number of carbonyl (C=O) groups is 1. The van der Waals surface area contributed by atoms with Gasteiger partial charge in [-0.05, 0) is 6.42 Å². The number of hydrazine groups is 1. The van der Waals surface area contributed by atoms with E-state index in [1.54, 1.807) is 17.1 Å². The zero-order valence-electron chi connectivity index (χ0n) is 10.0. The summed E-state index contributed by atoms with van der Waals surface area (Å²) in [6, 6.07) is 0. The average molecular weight is 242 g/mol. The van der Waals surface area contributed by atoms with Crippen LogP contribution in [0.3, 0.4) is 0 Å². The van der Waals surface area contributed by atoms with Crippen LogP contribution >= 0.6 is 0 Å². The number of rotatable bonds is 7. The molecule has 0 aromatic carbocycles. The van der Waals surface area contributed by atoms with Crippen molar-refractivity contribution < 1.29 is 14.3 Å². The van der Waals surface area contributed by atoms with Gasteiger partial charge in [-0.25, -0.2) is 5.84 Å². The maximum Gasteiger partial charge on any atom is 0.277 e. The summed E-state index contributed by atoms with van der Waals surface area (Å²) in [5, 5.41) is 4.09. The molecule has 96 valence electrons. The van der Waals surface area contributed by atoms with Gasteiger partial charge in [0.15, 0.2) is 5.75 Å². The van der Waals surface area contributed by atoms with Gasteiger partial charge in [-0.1, -0.05) is 6.92 Å². The van der Waals surface area contributed by atoms with Crippen LogP contribution in [-0.4, -0.2) is 35.5 Å². The summed E-state index contributed by atoms with van der Waals surface area (Å²) in [6.07, 6.45) is 3.49. The molecule has 7 heteroatoms. The monoisotopic (exact) mass is 242 g/mol. The van der Waals surface area contributed by atoms with Crippen molar-refractivity contribution in [2.75, 3.05) is 13.7 Å². The number of nitrogens with one attached hydrogen (secondary N) is 1. The Balaban J connectivity index is 2.61. The summed E-state index contributed by atoms with van der Waals surface area (Å²) < 4.78 is 12.1. The van der Waals surface area contributed by atoms with E-state index >= 15 is 0 Å². The zero-order valence-corrected chi connectivity index (χ0v) is 10.0. The van der Waals surface area contributed by atoms with Gasteiger partial charge in [-0.2, -0.15) is 5.10 Å². The first-order chi connectivity index (χ1) is 8.21. The molecule has 17 heavy (non-hydrogen) atoms. The Morgan fingerprint density at radius 3 is 3.06 bits per heavy atom. The average Bonchev–Trinajstić information content (AvgIpc) is 2.76. The SMILES string of the molecule is CCCn1cc(OC(COC)C(=O)NN)cn1. The number of carbonyl (C=O) groups excluding carboxylic acids is 1. The van der Waals surface area contributed by atoms with Crippen molar-refractivity contribution in [1.82, 2.24) is 15.2 Å². The van der Waals surface area contributed by atoms with Crippen LogP contribution in [0.2, 0.25) is 0 Å². The molecule has 1 aromatic heterocycles. The topological polar surface area (TPSA) is 91.4 Å². The van der Waals surface area contributed by atoms with E-state index < -0.39 is 12.0 Å². The Morgan fingerprint density at radius 1 is 1.71 bits per heavy atom. The van der Waals surface area contributed by atoms with Crippen molar-refractivity contribution in [2.24, 2.45) is 5.84 Å². The maximum absolute atomic E-state index is 11.4. The summed E-state index contributed by atoms with van der Waals surface area (Å²) >= 11 is 0. The molecular weight excluding hydrogens is 224 g/mol. The number of nitrogens with zero attached hydrogens (tertiary/aromatic N) is 2. The van der Waals surface area contributed by atoms with Crippen molar-refractivity contribution in [2.45, 2.75) is 26.0 Å². The van der Waals surface area contributed by atoms with Crippen LogP contribution in [-0.2, 0) is 16.1 Å². The normalized spacial score (nSPS) is 12.2. The minimum Gasteiger partial charge on any atom is -0.475 e. The molecule has 0 aliphatic heterocycles. The van der Waals surface area contributed by atoms with Crippen LogP contribution in [0.25, 0.3) is 0 Å². The Kier molecular flexibility index (Phi) is 5.44. The smallest absolute Gasteiger partial charge is 0.277 e. The third kappa shape index (κ3) is 4.04. The molecule has 0 aliphatic carbocycles. The molecule has 1 amide bonds. The number of aryl methyl sites for hydroxylation is 1. The molecule has 0 spiro atoms. The van der Waals surface area contributed by atoms with Crippen molar-refractivity contribution in [3.05, 3.63) is 12.4 Å². The fourth-order valence-corrected chi connectivity index (χ4v) is 1.33. The Hall–Kier alpha value is -1.60. The lowest BCUT2D eigenvalue weighted by atomic mass is 10.3. The maximum atomic E-state index is 11.4. The predicted molar refractivity (Wildman–Crippen MR) is 61.1 cm³/mol. The highest BCUT2D eigenvalue weighted by Crippen LogP contribution is 2.11. The first-order valence-electron chi connectivity index (χ1n) is 5.39. The highest BCUT2D eigenvalue weighted by molar-refractivity contribution is 5.80. The minimum absolute atomic E-state index is 0.127. The van der Waals surface area contributed by atoms with Crippen molar-refractivity contribution in [3.8, 4) is 5.75 Å². The highest BCUT2D eigenvalue weighted by Gasteiger charge is 2.19. The number of amides is 1. The van der Waals surface area contributed by atoms with Gasteiger partial charge in [0.05, 0.1) is 19.0 Å². The molecule has 1 aromatic rings. The van der Waals surface area contributed by atoms with Crippen LogP contribution in [0.5, 0.6) is 5.75 Å². The van der Waals surface area contributed by atoms with Gasteiger partial charge >= 0.3 is 0 Å². The Labute approximate surface area is 99.8 Å². The van der Waals surface area contributed by atoms with Crippen LogP contribution in [0.15, 0.2) is 12.4 Å². The molecule has 1 heterocycles. The molecule has 1 rings (SSSR count). The van der Waals surface area contributed by atoms with E-state index in [-0.39, 0.29) is 6.61 Å². The van der Waals surface area contributed by atoms with E-state index in [0.717, 1.165) is 13.0 Å². The zero-order chi connectivity index (χ0) is 12.7. The summed E-state index contributed by atoms with van der Waals surface area (Å²) in [5.74, 6) is 5.14. The molecule has 1 atom stereocenters. The van der Waals surface area contributed by atoms with Gasteiger partial charge in [0.2, 0.25) is 6.10 Å². The molecule has 0 aliphatic rings. The van der Waals surface area contributed by atoms with Crippen LogP contribution in [0.4, 0.5) is 0 Å². The van der Waals surface area contributed by atoms with Crippen molar-refractivity contribution >= 4 is 5.91 Å². The number of methoxy groups -OCH3 is 1. The summed E-state index contributed by atoms with van der Waals surface area (Å²) in [7, 11) is 1.49. The van der Waals surface area contributed by atoms with Crippen LogP contribution in [0.1, 0.15) is 13.3 Å². The van der Waals surface area contributed by atoms with E-state index in [1.165, 1.54) is 7.11 Å². The van der Waals surface area contributed by atoms with E-state index in [0.29, 0.717) is 5.75 Å². The van der Waals surface area contributed by atoms with Crippen molar-refractivity contribution in [1.29, 1.82) is 0 Å². The quantitative estimate of drug-likeness (QED) is 0.388. The van der Waals surface area contributed by atoms with E-state index in [2.05, 4.69) is 12.0 Å². The molecular formula is C10H18N4O3. The molecule has 0 bridgehead atoms. The van der Waals surface area contributed by atoms with Gasteiger partial charge in [0.25, 0.3) is 5.91 Å². The lowest BCUT2D eigenvalue weighted by Gasteiger charge is -2.14. The lowest BCUT2D eigenvalue weighted by Crippen LogP contribution is -2.44. The molecule has 1 unspecified atom stereocenters. The summed E-state index contributed by atoms with van der Waals surface area (Å²) in [6.45, 7) is 2.99. The van der Waals surface area contributed by atoms with Gasteiger partial charge < -0.3 is 9.47 Å². The Bertz CT molecular complexity index is 353. The largest absolute Gasteiger partial charge is 0.475 e. The predicted octanol–water partition coefficient (Wildman–Crippen LogP) is -0.323. The second-order valence-electron chi connectivity index (χ2n) is 3.51. The standard InChI is InChI=1S/C10H18N4O3/c1-3-4-14-6-8(5-12-14)17-9(7-16-2)10(15)13-11/h5-6,9H,3-4,7,11H2,1-2H3,(H,13,15). The number of hydrogen-bond acceptors (Lipinski definition) is 5. The molecule has 3 N–H and O–H groups in total. The first-order valence-corrected chi connectivity index (χ1v) is 5.39. The number of nitrogens with two attached hydrogens (primary N) is 1. The first kappa shape index (κ1) is 13.5. The fourth-order valence-electron chi connectivity index (χ4n) is 1.33. The number of hydrogen-bond donors (Lipinski definition) is 2. The van der Waals surface area contributed by atoms with Gasteiger partial charge in [0, 0.05) is 13.7 Å². The molecule has 0 saturated heterocycles. The van der Waals surface area contributed by atoms with Crippen molar-refractivity contribution in [3.63, 3.8) is 0 Å². The molecule has 7 nitrogen and oxygen atoms in total. The van der Waals surface area contributed by atoms with E-state index in [1.807, 2.05) is 5.43 Å². The third-order valence-corrected chi connectivity index (χ3v) is 2.09. The molecule has 0 saturated carbocycles. The van der Waals surface area contributed by atoms with Gasteiger partial charge in [-0.3, -0.25) is 14.9 Å². The van der Waals surface area contributed by atoms with E-state index in [4.69, 9.17) is 15.3 Å². The molecule has 0 radical (unpaired) electrons. The Morgan fingerprint density at radius 2 is 2.47 bits per heavy atom. The van der Waals surface area contributed by atoms with Gasteiger partial charge in [-0.15, -0.1) is 0 Å². The highest BCUT2D eigenvalue weighted by atomic mass is 16.5. The van der Waals surface area contributed by atoms with Crippen LogP contribution < -0.4 is 16.0 Å². The third-order valence-electron chi connectivity index (χ3n) is 2.09. The summed E-state index contributed by atoms with van der Waals surface area (Å²) in [5.41, 5.74) is 2.03. The second kappa shape index (κ2) is 6.87. The fraction of sp³-hybridized carbons (Fsp3) is 0.600. The second-order valence-corrected chi connectivity index (χ2v) is 3.51. The number of ether oxygens (including phenoxy) is 2. The van der Waals surface area contributed by atoms with E-state index in [9.17, 15) is 4.79 Å². The summed E-state index contributed by atoms with van der Waals surface area (Å²) in [4.78, 5) is 11.4. The van der Waals surface area contributed by atoms with Crippen LogP contribution in [0, 0.1) is 0 Å². The minimum atomic E-state index is -0.774. The van der Waals surface area contributed by atoms with Gasteiger partial charge in [0.1, 0.15) is 0 Å².